The van der Waals surface area contributed by atoms with Gasteiger partial charge in [-0.2, -0.15) is 0 Å². The number of aliphatic hydroxyl groups is 1. The van der Waals surface area contributed by atoms with Gasteiger partial charge in [0.2, 0.25) is 0 Å². The monoisotopic (exact) mass is 486 g/mol. The molecule has 35 heavy (non-hydrogen) atoms. The van der Waals surface area contributed by atoms with Gasteiger partial charge in [0.05, 0.1) is 6.61 Å². The van der Waals surface area contributed by atoms with Crippen molar-refractivity contribution >= 4 is 0 Å². The standard InChI is InChI=1S/C10H18N2O.2C9H16N2/c13-5-4-12-10-3-1-2-8-6-11-7-9(8)10;1-9(10)4-2-3-7-5-11-6-8(7)9;1-9-6-11-5-7(9)3-2-4-8(9)10/h1-2,8-13H,3-7H2;2*2-3,7-8,11H,4-6,10H2,1H3. The molecule has 0 spiro atoms. The minimum atomic E-state index is 0.0307. The van der Waals surface area contributed by atoms with Gasteiger partial charge in [-0.05, 0) is 55.8 Å². The zero-order valence-corrected chi connectivity index (χ0v) is 21.9. The van der Waals surface area contributed by atoms with Crippen LogP contribution in [0.1, 0.15) is 33.1 Å². The van der Waals surface area contributed by atoms with Crippen molar-refractivity contribution in [1.29, 1.82) is 0 Å². The van der Waals surface area contributed by atoms with Crippen molar-refractivity contribution < 1.29 is 5.11 Å². The smallest absolute Gasteiger partial charge is 0.0556 e. The van der Waals surface area contributed by atoms with Gasteiger partial charge in [0.1, 0.15) is 0 Å². The summed E-state index contributed by atoms with van der Waals surface area (Å²) in [6, 6.07) is 0.921. The third-order valence-electron chi connectivity index (χ3n) is 9.49. The molecular formula is C28H50N6O. The van der Waals surface area contributed by atoms with Crippen molar-refractivity contribution in [3.05, 3.63) is 36.5 Å². The largest absolute Gasteiger partial charge is 0.395 e. The van der Waals surface area contributed by atoms with Crippen molar-refractivity contribution in [3.63, 3.8) is 0 Å². The van der Waals surface area contributed by atoms with Crippen LogP contribution < -0.4 is 32.7 Å². The lowest BCUT2D eigenvalue weighted by atomic mass is 9.70. The average molecular weight is 487 g/mol. The Bertz CT molecular complexity index is 767. The summed E-state index contributed by atoms with van der Waals surface area (Å²) in [7, 11) is 0. The van der Waals surface area contributed by atoms with Crippen LogP contribution in [0, 0.1) is 35.0 Å². The molecular weight excluding hydrogens is 436 g/mol. The van der Waals surface area contributed by atoms with Crippen LogP contribution in [0.25, 0.3) is 0 Å². The highest BCUT2D eigenvalue weighted by Crippen LogP contribution is 2.39. The van der Waals surface area contributed by atoms with Gasteiger partial charge >= 0.3 is 0 Å². The number of rotatable bonds is 3. The Morgan fingerprint density at radius 1 is 0.914 bits per heavy atom. The van der Waals surface area contributed by atoms with Crippen molar-refractivity contribution in [3.8, 4) is 0 Å². The number of hydrogen-bond acceptors (Lipinski definition) is 7. The Morgan fingerprint density at radius 3 is 2.43 bits per heavy atom. The zero-order valence-electron chi connectivity index (χ0n) is 21.9. The van der Waals surface area contributed by atoms with Crippen molar-refractivity contribution in [2.24, 2.45) is 46.5 Å². The lowest BCUT2D eigenvalue weighted by Crippen LogP contribution is -2.48. The Balaban J connectivity index is 0.000000124. The number of fused-ring (bicyclic) bond motifs is 3. The Labute approximate surface area is 212 Å². The lowest BCUT2D eigenvalue weighted by Gasteiger charge is -2.37. The summed E-state index contributed by atoms with van der Waals surface area (Å²) in [5, 5.41) is 22.4. The third kappa shape index (κ3) is 6.27. The fourth-order valence-corrected chi connectivity index (χ4v) is 6.92. The molecule has 0 amide bonds. The molecule has 6 rings (SSSR count). The van der Waals surface area contributed by atoms with Gasteiger partial charge in [-0.25, -0.2) is 0 Å². The Kier molecular flexibility index (Phi) is 9.25. The Morgan fingerprint density at radius 2 is 1.66 bits per heavy atom. The highest BCUT2D eigenvalue weighted by Gasteiger charge is 2.43. The fraction of sp³-hybridized carbons (Fsp3) is 0.786. The van der Waals surface area contributed by atoms with E-state index in [-0.39, 0.29) is 12.1 Å². The minimum absolute atomic E-state index is 0.0307. The Hall–Kier alpha value is -1.06. The van der Waals surface area contributed by atoms with E-state index in [4.69, 9.17) is 16.6 Å². The summed E-state index contributed by atoms with van der Waals surface area (Å²) in [5.41, 5.74) is 12.6. The SMILES string of the molecule is CC1(N)CC=CC2CNCC21.CC12CNCC1C=CCC2N.OCCNC1CC=CC2CNCC21. The first-order valence-corrected chi connectivity index (χ1v) is 13.9. The van der Waals surface area contributed by atoms with Crippen LogP contribution in [0.4, 0.5) is 0 Å². The predicted molar refractivity (Wildman–Crippen MR) is 145 cm³/mol. The van der Waals surface area contributed by atoms with E-state index < -0.39 is 0 Å². The molecule has 198 valence electrons. The van der Waals surface area contributed by atoms with Crippen LogP contribution in [0.2, 0.25) is 0 Å². The molecule has 6 aliphatic rings. The molecule has 0 radical (unpaired) electrons. The molecule has 7 heteroatoms. The molecule has 9 unspecified atom stereocenters. The first kappa shape index (κ1) is 27.0. The minimum Gasteiger partial charge on any atom is -0.395 e. The first-order chi connectivity index (χ1) is 16.8. The summed E-state index contributed by atoms with van der Waals surface area (Å²) in [6.07, 6.45) is 16.9. The van der Waals surface area contributed by atoms with Crippen LogP contribution in [0.3, 0.4) is 0 Å². The molecule has 3 saturated heterocycles. The second-order valence-corrected chi connectivity index (χ2v) is 12.0. The molecule has 3 aliphatic carbocycles. The van der Waals surface area contributed by atoms with E-state index in [0.29, 0.717) is 41.2 Å². The van der Waals surface area contributed by atoms with E-state index in [9.17, 15) is 0 Å². The summed E-state index contributed by atoms with van der Waals surface area (Å²) < 4.78 is 0. The van der Waals surface area contributed by atoms with Gasteiger partial charge in [0, 0.05) is 68.9 Å². The maximum atomic E-state index is 8.74. The van der Waals surface area contributed by atoms with Crippen LogP contribution >= 0.6 is 0 Å². The second kappa shape index (κ2) is 12.0. The van der Waals surface area contributed by atoms with E-state index in [1.807, 2.05) is 0 Å². The molecule has 0 bridgehead atoms. The molecule has 3 heterocycles. The first-order valence-electron chi connectivity index (χ1n) is 13.9. The molecule has 3 fully saturated rings. The van der Waals surface area contributed by atoms with Crippen molar-refractivity contribution in [2.45, 2.75) is 50.7 Å². The summed E-state index contributed by atoms with van der Waals surface area (Å²) in [5.74, 6) is 3.47. The van der Waals surface area contributed by atoms with E-state index in [2.05, 4.69) is 71.6 Å². The van der Waals surface area contributed by atoms with Crippen molar-refractivity contribution in [1.82, 2.24) is 21.3 Å². The van der Waals surface area contributed by atoms with E-state index >= 15 is 0 Å². The van der Waals surface area contributed by atoms with Crippen LogP contribution in [-0.4, -0.2) is 75.1 Å². The van der Waals surface area contributed by atoms with Gasteiger partial charge in [0.25, 0.3) is 0 Å². The van der Waals surface area contributed by atoms with Gasteiger partial charge < -0.3 is 37.8 Å². The summed E-state index contributed by atoms with van der Waals surface area (Å²) in [4.78, 5) is 0. The molecule has 3 aliphatic heterocycles. The average Bonchev–Trinajstić information content (AvgIpc) is 3.59. The lowest BCUT2D eigenvalue weighted by molar-refractivity contribution is 0.223. The third-order valence-corrected chi connectivity index (χ3v) is 9.49. The summed E-state index contributed by atoms with van der Waals surface area (Å²) >= 11 is 0. The van der Waals surface area contributed by atoms with E-state index in [0.717, 1.165) is 71.0 Å². The quantitative estimate of drug-likeness (QED) is 0.294. The zero-order chi connectivity index (χ0) is 24.9. The van der Waals surface area contributed by atoms with Crippen LogP contribution in [-0.2, 0) is 0 Å². The fourth-order valence-electron chi connectivity index (χ4n) is 6.92. The molecule has 9 atom stereocenters. The molecule has 0 aromatic heterocycles. The van der Waals surface area contributed by atoms with Gasteiger partial charge in [-0.15, -0.1) is 0 Å². The van der Waals surface area contributed by atoms with E-state index in [1.165, 1.54) is 0 Å². The van der Waals surface area contributed by atoms with Crippen LogP contribution in [0.15, 0.2) is 36.5 Å². The highest BCUT2D eigenvalue weighted by atomic mass is 16.3. The van der Waals surface area contributed by atoms with Gasteiger partial charge in [-0.1, -0.05) is 43.4 Å². The summed E-state index contributed by atoms with van der Waals surface area (Å²) in [6.45, 7) is 12.1. The predicted octanol–water partition coefficient (Wildman–Crippen LogP) is 0.731. The molecule has 7 nitrogen and oxygen atoms in total. The number of aliphatic hydroxyl groups excluding tert-OH is 1. The van der Waals surface area contributed by atoms with E-state index in [1.54, 1.807) is 0 Å². The highest BCUT2D eigenvalue weighted by molar-refractivity contribution is 5.13. The van der Waals surface area contributed by atoms with Gasteiger partial charge in [0.15, 0.2) is 0 Å². The second-order valence-electron chi connectivity index (χ2n) is 12.0. The van der Waals surface area contributed by atoms with Gasteiger partial charge in [-0.3, -0.25) is 0 Å². The van der Waals surface area contributed by atoms with Crippen LogP contribution in [0.5, 0.6) is 0 Å². The number of hydrogen-bond donors (Lipinski definition) is 7. The number of nitrogens with two attached hydrogens (primary N) is 2. The topological polar surface area (TPSA) is 120 Å². The number of nitrogens with one attached hydrogen (secondary N) is 4. The molecule has 0 aromatic rings. The molecule has 0 saturated carbocycles. The molecule has 0 aromatic carbocycles. The maximum Gasteiger partial charge on any atom is 0.0556 e. The maximum absolute atomic E-state index is 8.74. The normalized spacial score (nSPS) is 45.0. The van der Waals surface area contributed by atoms with Crippen molar-refractivity contribution in [2.75, 3.05) is 52.4 Å². The molecule has 9 N–H and O–H groups in total.